The van der Waals surface area contributed by atoms with Crippen LogP contribution in [0.15, 0.2) is 39.3 Å². The third-order valence-electron chi connectivity index (χ3n) is 2.15. The molecular formula is C11H11BrN2O. The van der Waals surface area contributed by atoms with Gasteiger partial charge in [0.05, 0.1) is 0 Å². The first-order valence-electron chi connectivity index (χ1n) is 4.69. The second-order valence-corrected chi connectivity index (χ2v) is 4.26. The van der Waals surface area contributed by atoms with Gasteiger partial charge in [-0.2, -0.15) is 0 Å². The summed E-state index contributed by atoms with van der Waals surface area (Å²) in [7, 11) is 0. The maximum atomic E-state index is 5.46. The van der Waals surface area contributed by atoms with Crippen molar-refractivity contribution in [3.8, 4) is 0 Å². The van der Waals surface area contributed by atoms with Gasteiger partial charge in [-0.05, 0) is 24.1 Å². The van der Waals surface area contributed by atoms with Crippen LogP contribution < -0.4 is 5.73 Å². The molecule has 4 heteroatoms. The molecule has 15 heavy (non-hydrogen) atoms. The number of aryl methyl sites for hydroxylation is 2. The summed E-state index contributed by atoms with van der Waals surface area (Å²) in [5, 5.41) is 3.64. The van der Waals surface area contributed by atoms with E-state index in [9.17, 15) is 0 Å². The monoisotopic (exact) mass is 266 g/mol. The molecule has 0 aliphatic rings. The van der Waals surface area contributed by atoms with Crippen molar-refractivity contribution in [1.82, 2.24) is 5.16 Å². The summed E-state index contributed by atoms with van der Waals surface area (Å²) in [6.07, 6.45) is 1.76. The van der Waals surface area contributed by atoms with Gasteiger partial charge in [0.15, 0.2) is 5.82 Å². The summed E-state index contributed by atoms with van der Waals surface area (Å²) in [4.78, 5) is 0. The molecule has 0 unspecified atom stereocenters. The van der Waals surface area contributed by atoms with Crippen LogP contribution in [0.1, 0.15) is 11.3 Å². The quantitative estimate of drug-likeness (QED) is 0.930. The van der Waals surface area contributed by atoms with Crippen LogP contribution in [-0.4, -0.2) is 5.16 Å². The Balaban J connectivity index is 1.96. The number of nitrogen functional groups attached to an aromatic ring is 1. The van der Waals surface area contributed by atoms with E-state index in [1.165, 1.54) is 5.56 Å². The molecule has 0 amide bonds. The lowest BCUT2D eigenvalue weighted by Crippen LogP contribution is -1.89. The van der Waals surface area contributed by atoms with E-state index in [1.54, 1.807) is 6.07 Å². The van der Waals surface area contributed by atoms with E-state index in [2.05, 4.69) is 33.2 Å². The molecular weight excluding hydrogens is 256 g/mol. The summed E-state index contributed by atoms with van der Waals surface area (Å²) in [6, 6.07) is 10.0. The molecule has 0 radical (unpaired) electrons. The summed E-state index contributed by atoms with van der Waals surface area (Å²) in [5.74, 6) is 1.27. The molecule has 1 aromatic carbocycles. The third kappa shape index (κ3) is 2.83. The summed E-state index contributed by atoms with van der Waals surface area (Å²) in [5.41, 5.74) is 6.73. The standard InChI is InChI=1S/C11H11BrN2O/c12-9-4-1-8(2-5-9)3-6-10-7-11(13)14-15-10/h1-2,4-5,7H,3,6H2,(H2,13,14). The molecule has 2 aromatic rings. The molecule has 0 aliphatic heterocycles. The third-order valence-corrected chi connectivity index (χ3v) is 2.68. The van der Waals surface area contributed by atoms with Crippen LogP contribution in [-0.2, 0) is 12.8 Å². The number of rotatable bonds is 3. The van der Waals surface area contributed by atoms with Crippen molar-refractivity contribution in [2.45, 2.75) is 12.8 Å². The topological polar surface area (TPSA) is 52.0 Å². The molecule has 0 saturated carbocycles. The highest BCUT2D eigenvalue weighted by atomic mass is 79.9. The highest BCUT2D eigenvalue weighted by Gasteiger charge is 2.01. The molecule has 0 atom stereocenters. The minimum atomic E-state index is 0.445. The minimum Gasteiger partial charge on any atom is -0.381 e. The number of aromatic nitrogens is 1. The van der Waals surface area contributed by atoms with Gasteiger partial charge in [-0.15, -0.1) is 0 Å². The fourth-order valence-electron chi connectivity index (χ4n) is 1.37. The van der Waals surface area contributed by atoms with E-state index in [0.717, 1.165) is 23.1 Å². The molecule has 2 rings (SSSR count). The van der Waals surface area contributed by atoms with Crippen LogP contribution in [0.2, 0.25) is 0 Å². The number of nitrogens with zero attached hydrogens (tertiary/aromatic N) is 1. The van der Waals surface area contributed by atoms with Crippen molar-refractivity contribution in [2.75, 3.05) is 5.73 Å². The fourth-order valence-corrected chi connectivity index (χ4v) is 1.63. The first-order valence-corrected chi connectivity index (χ1v) is 5.49. The van der Waals surface area contributed by atoms with Gasteiger partial charge in [0, 0.05) is 17.0 Å². The lowest BCUT2D eigenvalue weighted by atomic mass is 10.1. The van der Waals surface area contributed by atoms with Crippen LogP contribution in [0.3, 0.4) is 0 Å². The maximum absolute atomic E-state index is 5.46. The molecule has 0 saturated heterocycles. The fraction of sp³-hybridized carbons (Fsp3) is 0.182. The first-order chi connectivity index (χ1) is 7.24. The average molecular weight is 267 g/mol. The average Bonchev–Trinajstić information content (AvgIpc) is 2.64. The molecule has 2 N–H and O–H groups in total. The van der Waals surface area contributed by atoms with Crippen molar-refractivity contribution in [2.24, 2.45) is 0 Å². The van der Waals surface area contributed by atoms with Crippen LogP contribution in [0, 0.1) is 0 Å². The second-order valence-electron chi connectivity index (χ2n) is 3.34. The van der Waals surface area contributed by atoms with E-state index < -0.39 is 0 Å². The van der Waals surface area contributed by atoms with Crippen LogP contribution in [0.25, 0.3) is 0 Å². The van der Waals surface area contributed by atoms with Gasteiger partial charge >= 0.3 is 0 Å². The normalized spacial score (nSPS) is 10.5. The number of halogens is 1. The van der Waals surface area contributed by atoms with Crippen molar-refractivity contribution in [3.05, 3.63) is 46.1 Å². The summed E-state index contributed by atoms with van der Waals surface area (Å²) >= 11 is 3.40. The van der Waals surface area contributed by atoms with Gasteiger partial charge in [-0.3, -0.25) is 0 Å². The molecule has 1 aromatic heterocycles. The number of hydrogen-bond donors (Lipinski definition) is 1. The predicted molar refractivity (Wildman–Crippen MR) is 62.5 cm³/mol. The van der Waals surface area contributed by atoms with E-state index in [-0.39, 0.29) is 0 Å². The number of anilines is 1. The zero-order valence-electron chi connectivity index (χ0n) is 8.11. The smallest absolute Gasteiger partial charge is 0.167 e. The van der Waals surface area contributed by atoms with Crippen molar-refractivity contribution in [3.63, 3.8) is 0 Å². The van der Waals surface area contributed by atoms with Gasteiger partial charge in [0.25, 0.3) is 0 Å². The van der Waals surface area contributed by atoms with Crippen LogP contribution >= 0.6 is 15.9 Å². The van der Waals surface area contributed by atoms with Crippen molar-refractivity contribution in [1.29, 1.82) is 0 Å². The van der Waals surface area contributed by atoms with E-state index in [0.29, 0.717) is 5.82 Å². The first kappa shape index (κ1) is 10.2. The maximum Gasteiger partial charge on any atom is 0.167 e. The Bertz CT molecular complexity index is 436. The largest absolute Gasteiger partial charge is 0.381 e. The highest BCUT2D eigenvalue weighted by molar-refractivity contribution is 9.10. The van der Waals surface area contributed by atoms with E-state index >= 15 is 0 Å². The minimum absolute atomic E-state index is 0.445. The van der Waals surface area contributed by atoms with Gasteiger partial charge in [0.2, 0.25) is 0 Å². The van der Waals surface area contributed by atoms with Crippen molar-refractivity contribution >= 4 is 21.7 Å². The van der Waals surface area contributed by atoms with Gasteiger partial charge < -0.3 is 10.3 Å². The molecule has 0 spiro atoms. The number of nitrogens with two attached hydrogens (primary N) is 1. The lowest BCUT2D eigenvalue weighted by molar-refractivity contribution is 0.386. The Morgan fingerprint density at radius 2 is 1.93 bits per heavy atom. The number of hydrogen-bond acceptors (Lipinski definition) is 3. The Morgan fingerprint density at radius 3 is 2.53 bits per heavy atom. The van der Waals surface area contributed by atoms with Crippen LogP contribution in [0.4, 0.5) is 5.82 Å². The predicted octanol–water partition coefficient (Wildman–Crippen LogP) is 2.80. The van der Waals surface area contributed by atoms with Crippen LogP contribution in [0.5, 0.6) is 0 Å². The summed E-state index contributed by atoms with van der Waals surface area (Å²) in [6.45, 7) is 0. The lowest BCUT2D eigenvalue weighted by Gasteiger charge is -1.98. The molecule has 1 heterocycles. The zero-order valence-corrected chi connectivity index (χ0v) is 9.70. The Morgan fingerprint density at radius 1 is 1.20 bits per heavy atom. The molecule has 3 nitrogen and oxygen atoms in total. The van der Waals surface area contributed by atoms with E-state index in [1.807, 2.05) is 12.1 Å². The Hall–Kier alpha value is -1.29. The van der Waals surface area contributed by atoms with Gasteiger partial charge in [-0.25, -0.2) is 0 Å². The Labute approximate surface area is 96.4 Å². The zero-order chi connectivity index (χ0) is 10.7. The van der Waals surface area contributed by atoms with Gasteiger partial charge in [0.1, 0.15) is 5.76 Å². The van der Waals surface area contributed by atoms with Gasteiger partial charge in [-0.1, -0.05) is 33.2 Å². The Kier molecular flexibility index (Phi) is 3.06. The number of benzene rings is 1. The summed E-state index contributed by atoms with van der Waals surface area (Å²) < 4.78 is 6.12. The second kappa shape index (κ2) is 4.49. The van der Waals surface area contributed by atoms with Crippen molar-refractivity contribution < 1.29 is 4.52 Å². The molecule has 0 bridgehead atoms. The highest BCUT2D eigenvalue weighted by Crippen LogP contribution is 2.13. The molecule has 0 aliphatic carbocycles. The van der Waals surface area contributed by atoms with E-state index in [4.69, 9.17) is 10.3 Å². The SMILES string of the molecule is Nc1cc(CCc2ccc(Br)cc2)on1. The molecule has 78 valence electrons. The molecule has 0 fully saturated rings.